The molecule has 5 heteroatoms. The van der Waals surface area contributed by atoms with Gasteiger partial charge in [-0.3, -0.25) is 9.48 Å². The second-order valence-electron chi connectivity index (χ2n) is 4.90. The highest BCUT2D eigenvalue weighted by atomic mass is 15.4. The minimum Gasteiger partial charge on any atom is -0.265 e. The molecule has 0 spiro atoms. The molecule has 0 aliphatic carbocycles. The van der Waals surface area contributed by atoms with E-state index < -0.39 is 0 Å². The predicted octanol–water partition coefficient (Wildman–Crippen LogP) is 0.907. The van der Waals surface area contributed by atoms with Crippen molar-refractivity contribution >= 4 is 5.84 Å². The molecule has 0 bridgehead atoms. The Morgan fingerprint density at radius 3 is 2.47 bits per heavy atom. The Morgan fingerprint density at radius 2 is 1.89 bits per heavy atom. The third-order valence-corrected chi connectivity index (χ3v) is 2.80. The molecular formula is C14H20N5+. The summed E-state index contributed by atoms with van der Waals surface area (Å²) in [4.78, 5) is 2.04. The number of aromatic nitrogens is 3. The van der Waals surface area contributed by atoms with Crippen LogP contribution in [0.3, 0.4) is 0 Å². The van der Waals surface area contributed by atoms with Crippen molar-refractivity contribution < 1.29 is 4.58 Å². The molecule has 2 aromatic rings. The quantitative estimate of drug-likeness (QED) is 0.466. The topological polar surface area (TPSA) is 37.0 Å². The van der Waals surface area contributed by atoms with E-state index in [1.165, 1.54) is 5.56 Å². The number of hydrogen-bond donors (Lipinski definition) is 0. The van der Waals surface area contributed by atoms with Crippen LogP contribution in [-0.4, -0.2) is 58.5 Å². The van der Waals surface area contributed by atoms with E-state index in [-0.39, 0.29) is 0 Å². The Hall–Kier alpha value is -2.17. The van der Waals surface area contributed by atoms with Gasteiger partial charge in [-0.2, -0.15) is 0 Å². The van der Waals surface area contributed by atoms with E-state index >= 15 is 0 Å². The van der Waals surface area contributed by atoms with Crippen molar-refractivity contribution in [3.63, 3.8) is 0 Å². The number of nitrogens with zero attached hydrogens (tertiary/aromatic N) is 5. The van der Waals surface area contributed by atoms with E-state index in [0.717, 1.165) is 18.1 Å². The Morgan fingerprint density at radius 1 is 1.21 bits per heavy atom. The van der Waals surface area contributed by atoms with Crippen molar-refractivity contribution in [3.05, 3.63) is 47.8 Å². The molecule has 0 amide bonds. The molecule has 2 rings (SSSR count). The predicted molar refractivity (Wildman–Crippen MR) is 75.5 cm³/mol. The first-order chi connectivity index (χ1) is 9.08. The minimum atomic E-state index is 0.738. The minimum absolute atomic E-state index is 0.738. The third-order valence-electron chi connectivity index (χ3n) is 2.80. The highest BCUT2D eigenvalue weighted by Crippen LogP contribution is 2.03. The van der Waals surface area contributed by atoms with Crippen molar-refractivity contribution in [2.24, 2.45) is 0 Å². The summed E-state index contributed by atoms with van der Waals surface area (Å²) in [6.07, 6.45) is 1.97. The molecule has 5 nitrogen and oxygen atoms in total. The summed E-state index contributed by atoms with van der Waals surface area (Å²) < 4.78 is 3.90. The first kappa shape index (κ1) is 13.3. The van der Waals surface area contributed by atoms with Gasteiger partial charge in [-0.05, 0) is 5.56 Å². The van der Waals surface area contributed by atoms with Gasteiger partial charge in [0.25, 0.3) is 0 Å². The van der Waals surface area contributed by atoms with E-state index in [2.05, 4.69) is 22.4 Å². The first-order valence-electron chi connectivity index (χ1n) is 6.24. The molecule has 1 heterocycles. The molecule has 0 saturated carbocycles. The van der Waals surface area contributed by atoms with Crippen LogP contribution in [0.4, 0.5) is 0 Å². The molecule has 0 saturated heterocycles. The van der Waals surface area contributed by atoms with Gasteiger partial charge in [0.05, 0.1) is 40.9 Å². The molecule has 0 atom stereocenters. The molecule has 0 aliphatic rings. The molecule has 100 valence electrons. The maximum atomic E-state index is 4.25. The van der Waals surface area contributed by atoms with Gasteiger partial charge < -0.3 is 0 Å². The molecule has 19 heavy (non-hydrogen) atoms. The Balaban J connectivity index is 2.22. The molecule has 0 aliphatic heterocycles. The van der Waals surface area contributed by atoms with Crippen LogP contribution in [0, 0.1) is 0 Å². The van der Waals surface area contributed by atoms with Crippen LogP contribution in [0.2, 0.25) is 0 Å². The van der Waals surface area contributed by atoms with Gasteiger partial charge in [0, 0.05) is 0 Å². The van der Waals surface area contributed by atoms with Crippen LogP contribution < -0.4 is 0 Å². The van der Waals surface area contributed by atoms with Gasteiger partial charge in [0.1, 0.15) is 0 Å². The van der Waals surface area contributed by atoms with Gasteiger partial charge in [0.15, 0.2) is 5.69 Å². The summed E-state index contributed by atoms with van der Waals surface area (Å²) in [6.45, 7) is 0.738. The van der Waals surface area contributed by atoms with Crippen molar-refractivity contribution in [2.45, 2.75) is 6.54 Å². The third kappa shape index (κ3) is 3.19. The van der Waals surface area contributed by atoms with Crippen molar-refractivity contribution in [3.8, 4) is 0 Å². The summed E-state index contributed by atoms with van der Waals surface area (Å²) in [7, 11) is 8.02. The summed E-state index contributed by atoms with van der Waals surface area (Å²) in [5.41, 5.74) is 2.10. The zero-order chi connectivity index (χ0) is 13.8. The van der Waals surface area contributed by atoms with Crippen LogP contribution >= 0.6 is 0 Å². The Bertz CT molecular complexity index is 565. The van der Waals surface area contributed by atoms with Crippen molar-refractivity contribution in [2.75, 3.05) is 28.2 Å². The SMILES string of the molecule is CN(C)C(c1cn(Cc2ccccc2)nn1)=[N+](C)C. The lowest BCUT2D eigenvalue weighted by Gasteiger charge is -2.07. The second-order valence-corrected chi connectivity index (χ2v) is 4.90. The zero-order valence-electron chi connectivity index (χ0n) is 11.9. The van der Waals surface area contributed by atoms with Gasteiger partial charge in [-0.25, -0.2) is 4.68 Å². The molecule has 0 radical (unpaired) electrons. The average molecular weight is 258 g/mol. The fraction of sp³-hybridized carbons (Fsp3) is 0.357. The van der Waals surface area contributed by atoms with E-state index in [1.807, 2.05) is 66.7 Å². The zero-order valence-corrected chi connectivity index (χ0v) is 11.9. The highest BCUT2D eigenvalue weighted by molar-refractivity contribution is 5.92. The number of benzene rings is 1. The maximum Gasteiger partial charge on any atom is 0.300 e. The molecule has 0 unspecified atom stereocenters. The summed E-state index contributed by atoms with van der Waals surface area (Å²) in [6, 6.07) is 10.3. The number of rotatable bonds is 3. The van der Waals surface area contributed by atoms with Crippen molar-refractivity contribution in [1.29, 1.82) is 0 Å². The molecule has 1 aromatic carbocycles. The van der Waals surface area contributed by atoms with E-state index in [9.17, 15) is 0 Å². The van der Waals surface area contributed by atoms with Crippen LogP contribution in [0.15, 0.2) is 36.5 Å². The van der Waals surface area contributed by atoms with E-state index in [1.54, 1.807) is 0 Å². The molecular weight excluding hydrogens is 238 g/mol. The summed E-state index contributed by atoms with van der Waals surface area (Å²) >= 11 is 0. The van der Waals surface area contributed by atoms with Crippen LogP contribution in [0.5, 0.6) is 0 Å². The van der Waals surface area contributed by atoms with Crippen molar-refractivity contribution in [1.82, 2.24) is 19.9 Å². The molecule has 0 N–H and O–H groups in total. The monoisotopic (exact) mass is 258 g/mol. The van der Waals surface area contributed by atoms with E-state index in [4.69, 9.17) is 0 Å². The largest absolute Gasteiger partial charge is 0.300 e. The van der Waals surface area contributed by atoms with Crippen LogP contribution in [0.1, 0.15) is 11.3 Å². The Kier molecular flexibility index (Phi) is 3.94. The smallest absolute Gasteiger partial charge is 0.265 e. The van der Waals surface area contributed by atoms with E-state index in [0.29, 0.717) is 0 Å². The van der Waals surface area contributed by atoms with Crippen LogP contribution in [-0.2, 0) is 6.54 Å². The van der Waals surface area contributed by atoms with Gasteiger partial charge >= 0.3 is 5.84 Å². The lowest BCUT2D eigenvalue weighted by atomic mass is 10.2. The fourth-order valence-electron chi connectivity index (χ4n) is 2.11. The molecule has 0 fully saturated rings. The number of hydrogen-bond acceptors (Lipinski definition) is 2. The molecule has 1 aromatic heterocycles. The van der Waals surface area contributed by atoms with Gasteiger partial charge in [0.2, 0.25) is 0 Å². The highest BCUT2D eigenvalue weighted by Gasteiger charge is 2.18. The number of amidine groups is 1. The van der Waals surface area contributed by atoms with Crippen LogP contribution in [0.25, 0.3) is 0 Å². The normalized spacial score (nSPS) is 10.3. The summed E-state index contributed by atoms with van der Waals surface area (Å²) in [5, 5.41) is 8.44. The van der Waals surface area contributed by atoms with Gasteiger partial charge in [-0.15, -0.1) is 5.10 Å². The second kappa shape index (κ2) is 5.65. The average Bonchev–Trinajstić information content (AvgIpc) is 2.77. The standard InChI is InChI=1S/C14H20N5/c1-17(2)14(18(3)4)13-11-19(16-15-13)10-12-8-6-5-7-9-12/h5-9,11H,10H2,1-4H3/q+1. The fourth-order valence-corrected chi connectivity index (χ4v) is 2.11. The lowest BCUT2D eigenvalue weighted by molar-refractivity contribution is -0.469. The maximum absolute atomic E-state index is 4.25. The first-order valence-corrected chi connectivity index (χ1v) is 6.24. The lowest BCUT2D eigenvalue weighted by Crippen LogP contribution is -2.30. The summed E-state index contributed by atoms with van der Waals surface area (Å²) in [5.74, 6) is 1.04. The Labute approximate surface area is 113 Å². The van der Waals surface area contributed by atoms with Gasteiger partial charge in [-0.1, -0.05) is 35.5 Å².